The van der Waals surface area contributed by atoms with Gasteiger partial charge in [0.15, 0.2) is 0 Å². The number of nitrogens with zero attached hydrogens (tertiary/aromatic N) is 1. The summed E-state index contributed by atoms with van der Waals surface area (Å²) >= 11 is 1.87. The smallest absolute Gasteiger partial charge is 0.0330 e. The van der Waals surface area contributed by atoms with Crippen LogP contribution in [0.15, 0.2) is 17.5 Å². The molecule has 1 nitrogen and oxygen atoms in total. The molecule has 1 aliphatic heterocycles. The van der Waals surface area contributed by atoms with Gasteiger partial charge < -0.3 is 0 Å². The summed E-state index contributed by atoms with van der Waals surface area (Å²) in [7, 11) is 0. The number of thiophene rings is 1. The van der Waals surface area contributed by atoms with E-state index in [1.54, 1.807) is 0 Å². The first kappa shape index (κ1) is 8.27. The molecular weight excluding hydrogens is 166 g/mol. The normalized spacial score (nSPS) is 23.9. The van der Waals surface area contributed by atoms with Gasteiger partial charge in [-0.2, -0.15) is 0 Å². The Morgan fingerprint density at radius 1 is 1.67 bits per heavy atom. The summed E-state index contributed by atoms with van der Waals surface area (Å²) in [5, 5.41) is 2.16. The first-order chi connectivity index (χ1) is 5.90. The Kier molecular flexibility index (Phi) is 2.47. The average Bonchev–Trinajstić information content (AvgIpc) is 2.51. The Labute approximate surface area is 78.0 Å². The molecule has 0 bridgehead atoms. The second-order valence-electron chi connectivity index (χ2n) is 3.40. The predicted molar refractivity (Wildman–Crippen MR) is 53.4 cm³/mol. The van der Waals surface area contributed by atoms with E-state index < -0.39 is 0 Å². The molecule has 1 aromatic rings. The molecule has 0 spiro atoms. The fraction of sp³-hybridized carbons (Fsp3) is 0.600. The highest BCUT2D eigenvalue weighted by atomic mass is 32.1. The monoisotopic (exact) mass is 181 g/mol. The van der Waals surface area contributed by atoms with E-state index in [0.717, 1.165) is 6.04 Å². The summed E-state index contributed by atoms with van der Waals surface area (Å²) in [6.45, 7) is 4.76. The molecule has 2 heteroatoms. The zero-order chi connectivity index (χ0) is 8.39. The molecular formula is C10H15NS. The molecule has 66 valence electrons. The van der Waals surface area contributed by atoms with Gasteiger partial charge in [0.05, 0.1) is 0 Å². The third-order valence-corrected chi connectivity index (χ3v) is 3.54. The van der Waals surface area contributed by atoms with E-state index in [1.165, 1.54) is 30.8 Å². The molecule has 2 rings (SSSR count). The van der Waals surface area contributed by atoms with Gasteiger partial charge in [0.1, 0.15) is 0 Å². The van der Waals surface area contributed by atoms with Crippen LogP contribution >= 0.6 is 11.3 Å². The maximum Gasteiger partial charge on any atom is 0.0330 e. The van der Waals surface area contributed by atoms with Crippen LogP contribution in [0, 0.1) is 0 Å². The lowest BCUT2D eigenvalue weighted by molar-refractivity contribution is 0.0803. The lowest BCUT2D eigenvalue weighted by atomic mass is 10.0. The van der Waals surface area contributed by atoms with Crippen LogP contribution in [0.1, 0.15) is 24.6 Å². The van der Waals surface area contributed by atoms with Gasteiger partial charge in [0.25, 0.3) is 0 Å². The van der Waals surface area contributed by atoms with E-state index in [-0.39, 0.29) is 0 Å². The van der Waals surface area contributed by atoms with E-state index in [0.29, 0.717) is 0 Å². The molecule has 1 aliphatic rings. The molecule has 0 saturated carbocycles. The summed E-state index contributed by atoms with van der Waals surface area (Å²) in [6, 6.07) is 5.24. The highest BCUT2D eigenvalue weighted by Crippen LogP contribution is 2.24. The van der Waals surface area contributed by atoms with Crippen LogP contribution in [0.5, 0.6) is 0 Å². The molecule has 0 aliphatic carbocycles. The van der Waals surface area contributed by atoms with Gasteiger partial charge in [0.2, 0.25) is 0 Å². The molecule has 1 unspecified atom stereocenters. The Balaban J connectivity index is 1.88. The van der Waals surface area contributed by atoms with Crippen molar-refractivity contribution >= 4 is 11.3 Å². The molecule has 1 aromatic heterocycles. The highest BCUT2D eigenvalue weighted by molar-refractivity contribution is 7.09. The van der Waals surface area contributed by atoms with Crippen molar-refractivity contribution in [3.05, 3.63) is 22.4 Å². The quantitative estimate of drug-likeness (QED) is 0.693. The minimum atomic E-state index is 0.868. The lowest BCUT2D eigenvalue weighted by Gasteiger charge is -2.40. The number of likely N-dealkylation sites (tertiary alicyclic amines) is 1. The maximum atomic E-state index is 2.58. The first-order valence-corrected chi connectivity index (χ1v) is 5.54. The number of hydrogen-bond acceptors (Lipinski definition) is 2. The molecule has 0 amide bonds. The molecule has 1 saturated heterocycles. The fourth-order valence-electron chi connectivity index (χ4n) is 1.77. The third kappa shape index (κ3) is 1.54. The number of hydrogen-bond donors (Lipinski definition) is 0. The fourth-order valence-corrected chi connectivity index (χ4v) is 2.50. The van der Waals surface area contributed by atoms with Gasteiger partial charge in [-0.15, -0.1) is 11.3 Å². The molecule has 2 heterocycles. The van der Waals surface area contributed by atoms with Crippen molar-refractivity contribution in [2.45, 2.75) is 32.4 Å². The van der Waals surface area contributed by atoms with Crippen LogP contribution in [0.25, 0.3) is 0 Å². The summed E-state index contributed by atoms with van der Waals surface area (Å²) in [5.41, 5.74) is 0. The van der Waals surface area contributed by atoms with E-state index in [9.17, 15) is 0 Å². The minimum absolute atomic E-state index is 0.868. The molecule has 0 radical (unpaired) electrons. The standard InChI is InChI=1S/C10H15NS/c1-2-9-5-6-11(9)8-10-4-3-7-12-10/h3-4,7,9H,2,5-6,8H2,1H3. The van der Waals surface area contributed by atoms with E-state index >= 15 is 0 Å². The van der Waals surface area contributed by atoms with Crippen molar-refractivity contribution in [3.63, 3.8) is 0 Å². The average molecular weight is 181 g/mol. The van der Waals surface area contributed by atoms with Gasteiger partial charge in [0, 0.05) is 24.0 Å². The van der Waals surface area contributed by atoms with Crippen molar-refractivity contribution in [1.29, 1.82) is 0 Å². The minimum Gasteiger partial charge on any atom is -0.295 e. The highest BCUT2D eigenvalue weighted by Gasteiger charge is 2.25. The van der Waals surface area contributed by atoms with Crippen molar-refractivity contribution in [2.75, 3.05) is 6.54 Å². The number of rotatable bonds is 3. The molecule has 1 fully saturated rings. The van der Waals surface area contributed by atoms with E-state index in [1.807, 2.05) is 11.3 Å². The van der Waals surface area contributed by atoms with E-state index in [4.69, 9.17) is 0 Å². The summed E-state index contributed by atoms with van der Waals surface area (Å²) < 4.78 is 0. The van der Waals surface area contributed by atoms with Gasteiger partial charge in [-0.3, -0.25) is 4.90 Å². The van der Waals surface area contributed by atoms with Crippen LogP contribution < -0.4 is 0 Å². The Hall–Kier alpha value is -0.340. The second-order valence-corrected chi connectivity index (χ2v) is 4.43. The van der Waals surface area contributed by atoms with Crippen LogP contribution in [0.3, 0.4) is 0 Å². The predicted octanol–water partition coefficient (Wildman–Crippen LogP) is 2.73. The Bertz CT molecular complexity index is 228. The van der Waals surface area contributed by atoms with E-state index in [2.05, 4.69) is 29.3 Å². The van der Waals surface area contributed by atoms with Gasteiger partial charge >= 0.3 is 0 Å². The van der Waals surface area contributed by atoms with Gasteiger partial charge in [-0.05, 0) is 24.3 Å². The van der Waals surface area contributed by atoms with Crippen LogP contribution in [0.4, 0.5) is 0 Å². The van der Waals surface area contributed by atoms with Crippen molar-refractivity contribution in [1.82, 2.24) is 4.90 Å². The largest absolute Gasteiger partial charge is 0.295 e. The first-order valence-electron chi connectivity index (χ1n) is 4.66. The third-order valence-electron chi connectivity index (χ3n) is 2.68. The van der Waals surface area contributed by atoms with Crippen molar-refractivity contribution < 1.29 is 0 Å². The lowest BCUT2D eigenvalue weighted by Crippen LogP contribution is -2.46. The van der Waals surface area contributed by atoms with Gasteiger partial charge in [-0.25, -0.2) is 0 Å². The van der Waals surface area contributed by atoms with Crippen molar-refractivity contribution in [2.24, 2.45) is 0 Å². The molecule has 0 aromatic carbocycles. The summed E-state index contributed by atoms with van der Waals surface area (Å²) in [6.07, 6.45) is 2.72. The summed E-state index contributed by atoms with van der Waals surface area (Å²) in [4.78, 5) is 4.08. The Morgan fingerprint density at radius 3 is 3.08 bits per heavy atom. The maximum absolute atomic E-state index is 2.58. The zero-order valence-corrected chi connectivity index (χ0v) is 8.31. The molecule has 0 N–H and O–H groups in total. The second kappa shape index (κ2) is 3.58. The van der Waals surface area contributed by atoms with Crippen molar-refractivity contribution in [3.8, 4) is 0 Å². The van der Waals surface area contributed by atoms with Gasteiger partial charge in [-0.1, -0.05) is 13.0 Å². The zero-order valence-electron chi connectivity index (χ0n) is 7.49. The molecule has 12 heavy (non-hydrogen) atoms. The SMILES string of the molecule is CCC1CCN1Cc1cccs1. The van der Waals surface area contributed by atoms with Crippen LogP contribution in [0.2, 0.25) is 0 Å². The van der Waals surface area contributed by atoms with Crippen LogP contribution in [-0.4, -0.2) is 17.5 Å². The summed E-state index contributed by atoms with van der Waals surface area (Å²) in [5.74, 6) is 0. The van der Waals surface area contributed by atoms with Crippen LogP contribution in [-0.2, 0) is 6.54 Å². The topological polar surface area (TPSA) is 3.24 Å². The molecule has 1 atom stereocenters. The Morgan fingerprint density at radius 2 is 2.58 bits per heavy atom.